The molecule has 106 valence electrons. The van der Waals surface area contributed by atoms with E-state index in [0.29, 0.717) is 6.61 Å². The third-order valence-corrected chi connectivity index (χ3v) is 2.70. The first-order valence-corrected chi connectivity index (χ1v) is 6.31. The van der Waals surface area contributed by atoms with Crippen LogP contribution in [0.3, 0.4) is 0 Å². The Hall–Kier alpha value is -1.98. The van der Waals surface area contributed by atoms with Crippen LogP contribution in [0.1, 0.15) is 12.5 Å². The fraction of sp³-hybridized carbons (Fsp3) is 0.333. The summed E-state index contributed by atoms with van der Waals surface area (Å²) >= 11 is 0. The van der Waals surface area contributed by atoms with Crippen molar-refractivity contribution in [1.82, 2.24) is 0 Å². The van der Waals surface area contributed by atoms with Gasteiger partial charge in [-0.15, -0.1) is 0 Å². The van der Waals surface area contributed by atoms with Crippen molar-refractivity contribution < 1.29 is 23.8 Å². The molecule has 0 saturated carbocycles. The van der Waals surface area contributed by atoms with E-state index < -0.39 is 18.4 Å². The van der Waals surface area contributed by atoms with E-state index in [-0.39, 0.29) is 12.4 Å². The highest BCUT2D eigenvalue weighted by Gasteiger charge is 2.26. The number of carbonyl (C=O) groups excluding carboxylic acids is 2. The van der Waals surface area contributed by atoms with Crippen LogP contribution in [-0.4, -0.2) is 30.8 Å². The van der Waals surface area contributed by atoms with Crippen LogP contribution in [0.2, 0.25) is 0 Å². The first kappa shape index (κ1) is 14.4. The van der Waals surface area contributed by atoms with Gasteiger partial charge in [0.2, 0.25) is 6.29 Å². The van der Waals surface area contributed by atoms with E-state index in [9.17, 15) is 9.59 Å². The topological polar surface area (TPSA) is 61.8 Å². The zero-order chi connectivity index (χ0) is 14.4. The van der Waals surface area contributed by atoms with Gasteiger partial charge in [0.05, 0.1) is 13.2 Å². The second kappa shape index (κ2) is 6.98. The van der Waals surface area contributed by atoms with E-state index in [1.165, 1.54) is 19.1 Å². The number of esters is 1. The largest absolute Gasteiger partial charge is 0.432 e. The minimum atomic E-state index is -0.824. The summed E-state index contributed by atoms with van der Waals surface area (Å²) in [5, 5.41) is 0. The quantitative estimate of drug-likeness (QED) is 0.765. The van der Waals surface area contributed by atoms with Crippen molar-refractivity contribution in [2.24, 2.45) is 0 Å². The molecule has 5 nitrogen and oxygen atoms in total. The minimum absolute atomic E-state index is 0.121. The minimum Gasteiger partial charge on any atom is -0.432 e. The fourth-order valence-corrected chi connectivity index (χ4v) is 1.77. The maximum absolute atomic E-state index is 11.6. The van der Waals surface area contributed by atoms with Crippen molar-refractivity contribution >= 4 is 11.8 Å². The van der Waals surface area contributed by atoms with Gasteiger partial charge < -0.3 is 14.2 Å². The number of carbonyl (C=O) groups is 2. The third kappa shape index (κ3) is 4.29. The van der Waals surface area contributed by atoms with Crippen LogP contribution in [0.4, 0.5) is 0 Å². The summed E-state index contributed by atoms with van der Waals surface area (Å²) in [5.74, 6) is -0.653. The van der Waals surface area contributed by atoms with Crippen LogP contribution in [0, 0.1) is 0 Å². The number of rotatable bonds is 5. The van der Waals surface area contributed by atoms with Gasteiger partial charge >= 0.3 is 5.97 Å². The Bertz CT molecular complexity index is 494. The number of ketones is 1. The first-order chi connectivity index (χ1) is 9.65. The lowest BCUT2D eigenvalue weighted by atomic mass is 10.2. The predicted octanol–water partition coefficient (Wildman–Crippen LogP) is 1.62. The first-order valence-electron chi connectivity index (χ1n) is 6.31. The normalized spacial score (nSPS) is 21.8. The van der Waals surface area contributed by atoms with Crippen molar-refractivity contribution in [2.45, 2.75) is 25.9 Å². The molecule has 0 aromatic heterocycles. The molecule has 0 N–H and O–H groups in total. The maximum Gasteiger partial charge on any atom is 0.305 e. The van der Waals surface area contributed by atoms with Crippen LogP contribution < -0.4 is 0 Å². The van der Waals surface area contributed by atoms with Crippen molar-refractivity contribution in [3.05, 3.63) is 48.0 Å². The third-order valence-electron chi connectivity index (χ3n) is 2.70. The molecule has 1 heterocycles. The second-order valence-corrected chi connectivity index (χ2v) is 4.36. The Kier molecular flexibility index (Phi) is 5.03. The van der Waals surface area contributed by atoms with E-state index in [4.69, 9.17) is 14.2 Å². The lowest BCUT2D eigenvalue weighted by Crippen LogP contribution is -2.37. The summed E-state index contributed by atoms with van der Waals surface area (Å²) in [6.07, 6.45) is 1.20. The van der Waals surface area contributed by atoms with Crippen molar-refractivity contribution in [1.29, 1.82) is 0 Å². The van der Waals surface area contributed by atoms with Gasteiger partial charge in [-0.1, -0.05) is 30.3 Å². The van der Waals surface area contributed by atoms with Crippen LogP contribution in [-0.2, 0) is 30.4 Å². The Morgan fingerprint density at radius 2 is 2.05 bits per heavy atom. The average Bonchev–Trinajstić information content (AvgIpc) is 2.43. The Morgan fingerprint density at radius 1 is 1.30 bits per heavy atom. The average molecular weight is 276 g/mol. The number of hydrogen-bond acceptors (Lipinski definition) is 5. The highest BCUT2D eigenvalue weighted by Crippen LogP contribution is 2.12. The van der Waals surface area contributed by atoms with E-state index in [1.807, 2.05) is 30.3 Å². The smallest absolute Gasteiger partial charge is 0.305 e. The van der Waals surface area contributed by atoms with E-state index >= 15 is 0 Å². The summed E-state index contributed by atoms with van der Waals surface area (Å²) in [5.41, 5.74) is 1.02. The fourth-order valence-electron chi connectivity index (χ4n) is 1.77. The molecule has 1 aromatic carbocycles. The summed E-state index contributed by atoms with van der Waals surface area (Å²) < 4.78 is 15.7. The predicted molar refractivity (Wildman–Crippen MR) is 70.7 cm³/mol. The Labute approximate surface area is 117 Å². The van der Waals surface area contributed by atoms with Gasteiger partial charge in [-0.2, -0.15) is 0 Å². The summed E-state index contributed by atoms with van der Waals surface area (Å²) in [7, 11) is 0. The van der Waals surface area contributed by atoms with Crippen molar-refractivity contribution in [3.8, 4) is 0 Å². The number of ether oxygens (including phenoxy) is 3. The molecule has 0 aliphatic carbocycles. The van der Waals surface area contributed by atoms with Gasteiger partial charge in [-0.25, -0.2) is 0 Å². The zero-order valence-electron chi connectivity index (χ0n) is 11.2. The molecule has 20 heavy (non-hydrogen) atoms. The van der Waals surface area contributed by atoms with Gasteiger partial charge in [0, 0.05) is 6.92 Å². The summed E-state index contributed by atoms with van der Waals surface area (Å²) in [6, 6.07) is 9.63. The van der Waals surface area contributed by atoms with E-state index in [1.54, 1.807) is 0 Å². The molecule has 2 rings (SSSR count). The summed E-state index contributed by atoms with van der Waals surface area (Å²) in [6.45, 7) is 1.81. The molecule has 5 heteroatoms. The van der Waals surface area contributed by atoms with Crippen LogP contribution in [0.15, 0.2) is 42.5 Å². The molecule has 0 bridgehead atoms. The molecule has 1 aromatic rings. The highest BCUT2D eigenvalue weighted by molar-refractivity contribution is 5.94. The molecular weight excluding hydrogens is 260 g/mol. The van der Waals surface area contributed by atoms with Crippen molar-refractivity contribution in [2.75, 3.05) is 6.61 Å². The Balaban J connectivity index is 1.81. The lowest BCUT2D eigenvalue weighted by Gasteiger charge is -2.24. The van der Waals surface area contributed by atoms with Gasteiger partial charge in [0.1, 0.15) is 6.10 Å². The highest BCUT2D eigenvalue weighted by atomic mass is 16.7. The standard InChI is InChI=1S/C15H16O5/c1-11(16)19-15-8-7-13(17)14(20-15)10-18-9-12-5-3-2-4-6-12/h2-8,14-15H,9-10H2,1H3/t14-,15+/m1/s1. The monoisotopic (exact) mass is 276 g/mol. The molecule has 0 fully saturated rings. The van der Waals surface area contributed by atoms with Crippen LogP contribution in [0.5, 0.6) is 0 Å². The van der Waals surface area contributed by atoms with E-state index in [2.05, 4.69) is 0 Å². The summed E-state index contributed by atoms with van der Waals surface area (Å²) in [4.78, 5) is 22.5. The Morgan fingerprint density at radius 3 is 2.75 bits per heavy atom. The molecule has 0 spiro atoms. The maximum atomic E-state index is 11.6. The molecular formula is C15H16O5. The SMILES string of the molecule is CC(=O)O[C@@H]1C=CC(=O)[C@@H](COCc2ccccc2)O1. The van der Waals surface area contributed by atoms with Gasteiger partial charge in [-0.05, 0) is 17.7 Å². The molecule has 0 amide bonds. The molecule has 1 aliphatic heterocycles. The lowest BCUT2D eigenvalue weighted by molar-refractivity contribution is -0.185. The molecule has 0 saturated heterocycles. The number of benzene rings is 1. The zero-order valence-corrected chi connectivity index (χ0v) is 11.2. The number of hydrogen-bond donors (Lipinski definition) is 0. The molecule has 0 radical (unpaired) electrons. The van der Waals surface area contributed by atoms with Crippen LogP contribution >= 0.6 is 0 Å². The van der Waals surface area contributed by atoms with Gasteiger partial charge in [-0.3, -0.25) is 9.59 Å². The van der Waals surface area contributed by atoms with Gasteiger partial charge in [0.15, 0.2) is 5.78 Å². The van der Waals surface area contributed by atoms with E-state index in [0.717, 1.165) is 5.56 Å². The van der Waals surface area contributed by atoms with Crippen molar-refractivity contribution in [3.63, 3.8) is 0 Å². The molecule has 2 atom stereocenters. The second-order valence-electron chi connectivity index (χ2n) is 4.36. The van der Waals surface area contributed by atoms with Crippen LogP contribution in [0.25, 0.3) is 0 Å². The molecule has 0 unspecified atom stereocenters. The molecule has 1 aliphatic rings. The van der Waals surface area contributed by atoms with Gasteiger partial charge in [0.25, 0.3) is 0 Å².